The average molecular weight is 180 g/mol. The van der Waals surface area contributed by atoms with Crippen LogP contribution in [-0.4, -0.2) is 12.9 Å². The van der Waals surface area contributed by atoms with E-state index in [-0.39, 0.29) is 5.78 Å². The molecule has 0 saturated heterocycles. The molecule has 0 fully saturated rings. The number of carbonyl (C=O) groups is 1. The number of benzene rings is 1. The van der Waals surface area contributed by atoms with E-state index < -0.39 is 0 Å². The molecule has 0 aromatic heterocycles. The van der Waals surface area contributed by atoms with Crippen LogP contribution in [0, 0.1) is 0 Å². The first-order valence-electron chi connectivity index (χ1n) is 3.99. The van der Waals surface area contributed by atoms with E-state index in [1.165, 1.54) is 7.11 Å². The molecule has 0 spiro atoms. The van der Waals surface area contributed by atoms with Crippen LogP contribution in [0.5, 0.6) is 0 Å². The Morgan fingerprint density at radius 3 is 2.38 bits per heavy atom. The van der Waals surface area contributed by atoms with Gasteiger partial charge in [-0.3, -0.25) is 4.79 Å². The summed E-state index contributed by atoms with van der Waals surface area (Å²) in [6, 6.07) is 7.24. The molecule has 1 aromatic carbocycles. The second-order valence-corrected chi connectivity index (χ2v) is 2.68. The van der Waals surface area contributed by atoms with E-state index >= 15 is 0 Å². The largest absolute Gasteiger partial charge is 0.295 e. The molecule has 0 saturated carbocycles. The summed E-state index contributed by atoms with van der Waals surface area (Å²) in [5, 5.41) is 0. The van der Waals surface area contributed by atoms with Crippen molar-refractivity contribution >= 4 is 5.78 Å². The molecule has 0 atom stereocenters. The molecule has 1 aromatic rings. The lowest BCUT2D eigenvalue weighted by atomic mass is 10.1. The summed E-state index contributed by atoms with van der Waals surface area (Å²) in [4.78, 5) is 20.1. The number of rotatable bonds is 4. The van der Waals surface area contributed by atoms with Gasteiger partial charge in [-0.25, -0.2) is 9.78 Å². The van der Waals surface area contributed by atoms with E-state index in [4.69, 9.17) is 4.89 Å². The zero-order valence-corrected chi connectivity index (χ0v) is 7.74. The lowest BCUT2D eigenvalue weighted by Crippen LogP contribution is -1.94. The third kappa shape index (κ3) is 2.97. The van der Waals surface area contributed by atoms with E-state index in [1.54, 1.807) is 19.1 Å². The van der Waals surface area contributed by atoms with Crippen molar-refractivity contribution in [2.45, 2.75) is 13.5 Å². The Morgan fingerprint density at radius 1 is 1.31 bits per heavy atom. The zero-order chi connectivity index (χ0) is 9.68. The van der Waals surface area contributed by atoms with Gasteiger partial charge in [-0.1, -0.05) is 24.3 Å². The number of carbonyl (C=O) groups excluding carboxylic acids is 1. The molecule has 1 rings (SSSR count). The van der Waals surface area contributed by atoms with Crippen LogP contribution >= 0.6 is 0 Å². The Balaban J connectivity index is 2.64. The normalized spacial score (nSPS) is 10.0. The van der Waals surface area contributed by atoms with Crippen molar-refractivity contribution in [3.05, 3.63) is 35.4 Å². The fourth-order valence-corrected chi connectivity index (χ4v) is 0.963. The maximum Gasteiger partial charge on any atom is 0.159 e. The molecular formula is C10H12O3. The molecule has 0 aliphatic rings. The third-order valence-electron chi connectivity index (χ3n) is 1.70. The third-order valence-corrected chi connectivity index (χ3v) is 1.70. The predicted molar refractivity (Wildman–Crippen MR) is 48.2 cm³/mol. The standard InChI is InChI=1S/C10H12O3/c1-8(11)10-5-3-9(4-6-10)7-13-12-2/h3-6H,7H2,1-2H3. The van der Waals surface area contributed by atoms with Gasteiger partial charge in [-0.15, -0.1) is 0 Å². The molecule has 3 nitrogen and oxygen atoms in total. The fourth-order valence-electron chi connectivity index (χ4n) is 0.963. The highest BCUT2D eigenvalue weighted by atomic mass is 17.2. The number of Topliss-reactive ketones (excluding diaryl/α,β-unsaturated/α-hetero) is 1. The van der Waals surface area contributed by atoms with Gasteiger partial charge in [0.1, 0.15) is 6.61 Å². The Hall–Kier alpha value is -1.19. The monoisotopic (exact) mass is 180 g/mol. The summed E-state index contributed by atoms with van der Waals surface area (Å²) < 4.78 is 0. The molecule has 0 radical (unpaired) electrons. The first-order valence-corrected chi connectivity index (χ1v) is 3.99. The summed E-state index contributed by atoms with van der Waals surface area (Å²) in [6.45, 7) is 1.94. The predicted octanol–water partition coefficient (Wildman–Crippen LogP) is 1.97. The molecule has 70 valence electrons. The highest BCUT2D eigenvalue weighted by Crippen LogP contribution is 2.06. The van der Waals surface area contributed by atoms with Gasteiger partial charge < -0.3 is 0 Å². The molecule has 0 heterocycles. The van der Waals surface area contributed by atoms with Crippen molar-refractivity contribution in [2.24, 2.45) is 0 Å². The number of hydrogen-bond acceptors (Lipinski definition) is 3. The molecule has 0 bridgehead atoms. The van der Waals surface area contributed by atoms with Crippen LogP contribution in [0.4, 0.5) is 0 Å². The molecule has 0 unspecified atom stereocenters. The highest BCUT2D eigenvalue weighted by Gasteiger charge is 1.98. The van der Waals surface area contributed by atoms with Crippen molar-refractivity contribution in [3.63, 3.8) is 0 Å². The first kappa shape index (κ1) is 9.89. The molecule has 0 N–H and O–H groups in total. The second-order valence-electron chi connectivity index (χ2n) is 2.68. The van der Waals surface area contributed by atoms with Crippen LogP contribution in [0.1, 0.15) is 22.8 Å². The quantitative estimate of drug-likeness (QED) is 0.403. The van der Waals surface area contributed by atoms with E-state index in [2.05, 4.69) is 4.89 Å². The lowest BCUT2D eigenvalue weighted by Gasteiger charge is -2.00. The summed E-state index contributed by atoms with van der Waals surface area (Å²) in [5.41, 5.74) is 1.69. The van der Waals surface area contributed by atoms with Gasteiger partial charge in [-0.05, 0) is 12.5 Å². The van der Waals surface area contributed by atoms with Gasteiger partial charge in [0.2, 0.25) is 0 Å². The average Bonchev–Trinajstić information content (AvgIpc) is 2.15. The van der Waals surface area contributed by atoms with Crippen molar-refractivity contribution in [2.75, 3.05) is 7.11 Å². The van der Waals surface area contributed by atoms with E-state index in [0.717, 1.165) is 5.56 Å². The summed E-state index contributed by atoms with van der Waals surface area (Å²) in [7, 11) is 1.46. The van der Waals surface area contributed by atoms with Gasteiger partial charge in [0.05, 0.1) is 7.11 Å². The first-order chi connectivity index (χ1) is 6.24. The Kier molecular flexibility index (Phi) is 3.61. The molecule has 0 aliphatic heterocycles. The maximum absolute atomic E-state index is 10.9. The Morgan fingerprint density at radius 2 is 1.92 bits per heavy atom. The minimum atomic E-state index is 0.0687. The zero-order valence-electron chi connectivity index (χ0n) is 7.74. The van der Waals surface area contributed by atoms with Crippen molar-refractivity contribution in [1.29, 1.82) is 0 Å². The molecular weight excluding hydrogens is 168 g/mol. The Bertz CT molecular complexity index is 277. The van der Waals surface area contributed by atoms with Crippen LogP contribution in [0.2, 0.25) is 0 Å². The summed E-state index contributed by atoms with van der Waals surface area (Å²) in [5.74, 6) is 0.0687. The van der Waals surface area contributed by atoms with Crippen LogP contribution in [0.25, 0.3) is 0 Å². The summed E-state index contributed by atoms with van der Waals surface area (Å²) >= 11 is 0. The van der Waals surface area contributed by atoms with Crippen LogP contribution in [0.3, 0.4) is 0 Å². The van der Waals surface area contributed by atoms with E-state index in [1.807, 2.05) is 12.1 Å². The highest BCUT2D eigenvalue weighted by molar-refractivity contribution is 5.93. The van der Waals surface area contributed by atoms with Crippen LogP contribution < -0.4 is 0 Å². The van der Waals surface area contributed by atoms with Gasteiger partial charge in [0.15, 0.2) is 5.78 Å². The molecule has 0 aliphatic carbocycles. The minimum absolute atomic E-state index is 0.0687. The van der Waals surface area contributed by atoms with Crippen LogP contribution in [-0.2, 0) is 16.4 Å². The molecule has 0 amide bonds. The Labute approximate surface area is 77.2 Å². The van der Waals surface area contributed by atoms with Crippen molar-refractivity contribution in [1.82, 2.24) is 0 Å². The second kappa shape index (κ2) is 4.74. The SMILES string of the molecule is COOCc1ccc(C(C)=O)cc1. The minimum Gasteiger partial charge on any atom is -0.295 e. The smallest absolute Gasteiger partial charge is 0.159 e. The molecule has 3 heteroatoms. The fraction of sp³-hybridized carbons (Fsp3) is 0.300. The van der Waals surface area contributed by atoms with E-state index in [0.29, 0.717) is 12.2 Å². The van der Waals surface area contributed by atoms with Gasteiger partial charge >= 0.3 is 0 Å². The van der Waals surface area contributed by atoms with Gasteiger partial charge in [0, 0.05) is 5.56 Å². The topological polar surface area (TPSA) is 35.5 Å². The lowest BCUT2D eigenvalue weighted by molar-refractivity contribution is -0.282. The number of hydrogen-bond donors (Lipinski definition) is 0. The van der Waals surface area contributed by atoms with Crippen molar-refractivity contribution < 1.29 is 14.6 Å². The van der Waals surface area contributed by atoms with Gasteiger partial charge in [0.25, 0.3) is 0 Å². The number of ketones is 1. The van der Waals surface area contributed by atoms with E-state index in [9.17, 15) is 4.79 Å². The van der Waals surface area contributed by atoms with Gasteiger partial charge in [-0.2, -0.15) is 0 Å². The summed E-state index contributed by atoms with van der Waals surface area (Å²) in [6.07, 6.45) is 0. The van der Waals surface area contributed by atoms with Crippen molar-refractivity contribution in [3.8, 4) is 0 Å². The maximum atomic E-state index is 10.9. The molecule has 13 heavy (non-hydrogen) atoms. The van der Waals surface area contributed by atoms with Crippen LogP contribution in [0.15, 0.2) is 24.3 Å².